The average Bonchev–Trinajstić information content (AvgIpc) is 3.18. The second-order valence-corrected chi connectivity index (χ2v) is 10.8. The number of nitrogens with zero attached hydrogens (tertiary/aromatic N) is 1. The zero-order chi connectivity index (χ0) is 22.3. The van der Waals surface area contributed by atoms with Crippen molar-refractivity contribution in [2.24, 2.45) is 0 Å². The monoisotopic (exact) mass is 493 g/mol. The molecule has 0 radical (unpaired) electrons. The molecule has 160 valence electrons. The summed E-state index contributed by atoms with van der Waals surface area (Å²) in [6.07, 6.45) is -0.385. The van der Waals surface area contributed by atoms with Crippen LogP contribution in [-0.4, -0.2) is 35.6 Å². The number of carbonyl (C=O) groups is 3. The van der Waals surface area contributed by atoms with Crippen molar-refractivity contribution >= 4 is 56.5 Å². The summed E-state index contributed by atoms with van der Waals surface area (Å²) in [7, 11) is 0. The Balaban J connectivity index is 1.72. The number of hydrogen-bond donors (Lipinski definition) is 2. The van der Waals surface area contributed by atoms with Crippen molar-refractivity contribution < 1.29 is 19.1 Å². The van der Waals surface area contributed by atoms with Gasteiger partial charge in [0.05, 0.1) is 19.9 Å². The van der Waals surface area contributed by atoms with Crippen molar-refractivity contribution in [2.45, 2.75) is 45.7 Å². The quantitative estimate of drug-likeness (QED) is 0.631. The van der Waals surface area contributed by atoms with Crippen LogP contribution in [0, 0.1) is 6.92 Å². The number of ether oxygens (including phenoxy) is 1. The first kappa shape index (κ1) is 22.3. The molecular formula is C21H24BrN3O4S. The van der Waals surface area contributed by atoms with Gasteiger partial charge in [-0.05, 0) is 86.4 Å². The highest BCUT2D eigenvalue weighted by atomic mass is 79.9. The fraction of sp³-hybridized carbons (Fsp3) is 0.381. The van der Waals surface area contributed by atoms with Crippen LogP contribution < -0.4 is 15.5 Å². The maximum atomic E-state index is 12.8. The minimum Gasteiger partial charge on any atom is -0.447 e. The molecular weight excluding hydrogens is 470 g/mol. The number of nitrogens with one attached hydrogen (secondary N) is 2. The highest BCUT2D eigenvalue weighted by Gasteiger charge is 2.41. The highest BCUT2D eigenvalue weighted by molar-refractivity contribution is 9.11. The minimum atomic E-state index is -1.12. The van der Waals surface area contributed by atoms with Crippen LogP contribution in [0.15, 0.2) is 34.1 Å². The molecule has 3 amide bonds. The summed E-state index contributed by atoms with van der Waals surface area (Å²) in [5.41, 5.74) is 0.561. The summed E-state index contributed by atoms with van der Waals surface area (Å²) < 4.78 is 6.02. The zero-order valence-corrected chi connectivity index (χ0v) is 19.9. The Hall–Kier alpha value is -2.39. The number of benzene rings is 1. The van der Waals surface area contributed by atoms with Gasteiger partial charge in [-0.25, -0.2) is 4.79 Å². The van der Waals surface area contributed by atoms with Crippen LogP contribution in [0.1, 0.15) is 42.9 Å². The van der Waals surface area contributed by atoms with Crippen LogP contribution in [0.25, 0.3) is 0 Å². The Labute approximate surface area is 187 Å². The van der Waals surface area contributed by atoms with Gasteiger partial charge in [0.2, 0.25) is 5.91 Å². The molecule has 9 heteroatoms. The van der Waals surface area contributed by atoms with E-state index < -0.39 is 11.1 Å². The van der Waals surface area contributed by atoms with Crippen LogP contribution in [0.4, 0.5) is 16.2 Å². The number of hydrogen-bond acceptors (Lipinski definition) is 5. The van der Waals surface area contributed by atoms with Crippen molar-refractivity contribution in [2.75, 3.05) is 16.8 Å². The molecule has 1 aliphatic rings. The predicted octanol–water partition coefficient (Wildman–Crippen LogP) is 4.70. The van der Waals surface area contributed by atoms with Gasteiger partial charge < -0.3 is 15.4 Å². The molecule has 1 saturated heterocycles. The van der Waals surface area contributed by atoms with E-state index in [0.29, 0.717) is 17.2 Å². The lowest BCUT2D eigenvalue weighted by atomic mass is 10.0. The molecule has 7 nitrogen and oxygen atoms in total. The van der Waals surface area contributed by atoms with Crippen LogP contribution in [0.2, 0.25) is 0 Å². The summed E-state index contributed by atoms with van der Waals surface area (Å²) in [5.74, 6) is -0.660. The van der Waals surface area contributed by atoms with Gasteiger partial charge in [-0.2, -0.15) is 0 Å². The maximum Gasteiger partial charge on any atom is 0.414 e. The molecule has 1 fully saturated rings. The lowest BCUT2D eigenvalue weighted by molar-refractivity contribution is -0.120. The van der Waals surface area contributed by atoms with E-state index in [9.17, 15) is 14.4 Å². The van der Waals surface area contributed by atoms with E-state index in [1.54, 1.807) is 49.1 Å². The zero-order valence-electron chi connectivity index (χ0n) is 17.5. The van der Waals surface area contributed by atoms with E-state index in [1.807, 2.05) is 20.8 Å². The molecule has 2 aromatic rings. The van der Waals surface area contributed by atoms with E-state index in [4.69, 9.17) is 4.74 Å². The number of rotatable bonds is 5. The van der Waals surface area contributed by atoms with Gasteiger partial charge in [0.25, 0.3) is 5.91 Å². The molecule has 2 heterocycles. The molecule has 1 aliphatic heterocycles. The van der Waals surface area contributed by atoms with Crippen molar-refractivity contribution in [3.05, 3.63) is 44.6 Å². The number of aryl methyl sites for hydroxylation is 1. The fourth-order valence-electron chi connectivity index (χ4n) is 3.15. The Morgan fingerprint density at radius 3 is 2.47 bits per heavy atom. The van der Waals surface area contributed by atoms with Gasteiger partial charge in [-0.3, -0.25) is 14.5 Å². The first-order valence-electron chi connectivity index (χ1n) is 9.38. The summed E-state index contributed by atoms with van der Waals surface area (Å²) in [6.45, 7) is 9.35. The van der Waals surface area contributed by atoms with E-state index in [1.165, 1.54) is 11.3 Å². The number of anilines is 2. The molecule has 0 atom stereocenters. The molecule has 0 bridgehead atoms. The lowest BCUT2D eigenvalue weighted by Crippen LogP contribution is -2.52. The molecule has 1 aromatic heterocycles. The van der Waals surface area contributed by atoms with Gasteiger partial charge >= 0.3 is 6.09 Å². The first-order chi connectivity index (χ1) is 13.9. The second-order valence-electron chi connectivity index (χ2n) is 8.34. The third kappa shape index (κ3) is 4.52. The van der Waals surface area contributed by atoms with Crippen molar-refractivity contribution in [1.29, 1.82) is 0 Å². The lowest BCUT2D eigenvalue weighted by Gasteiger charge is -2.29. The van der Waals surface area contributed by atoms with E-state index in [0.717, 1.165) is 15.0 Å². The van der Waals surface area contributed by atoms with Gasteiger partial charge in [-0.15, -0.1) is 11.3 Å². The SMILES string of the molecule is Cc1cc(NC(=O)C(C)(C)NC(=O)c2ccc(Br)s2)ccc1N1C(=O)OCC1(C)C. The van der Waals surface area contributed by atoms with Gasteiger partial charge in [-0.1, -0.05) is 0 Å². The van der Waals surface area contributed by atoms with Crippen molar-refractivity contribution in [3.63, 3.8) is 0 Å². The number of thiophene rings is 1. The minimum absolute atomic E-state index is 0.313. The Morgan fingerprint density at radius 1 is 1.23 bits per heavy atom. The molecule has 2 N–H and O–H groups in total. The topological polar surface area (TPSA) is 87.7 Å². The molecule has 0 unspecified atom stereocenters. The fourth-order valence-corrected chi connectivity index (χ4v) is 4.43. The van der Waals surface area contributed by atoms with E-state index in [2.05, 4.69) is 26.6 Å². The number of cyclic esters (lactones) is 1. The first-order valence-corrected chi connectivity index (χ1v) is 11.0. The molecule has 0 aliphatic carbocycles. The standard InChI is InChI=1S/C21H24BrN3O4S/c1-12-10-13(6-7-14(12)25-19(28)29-11-20(25,2)3)23-18(27)21(4,5)24-17(26)15-8-9-16(22)30-15/h6-10H,11H2,1-5H3,(H,23,27)(H,24,26). The number of amides is 3. The van der Waals surface area contributed by atoms with Crippen LogP contribution in [0.5, 0.6) is 0 Å². The Bertz CT molecular complexity index is 1020. The molecule has 30 heavy (non-hydrogen) atoms. The smallest absolute Gasteiger partial charge is 0.414 e. The van der Waals surface area contributed by atoms with E-state index in [-0.39, 0.29) is 17.9 Å². The predicted molar refractivity (Wildman–Crippen MR) is 121 cm³/mol. The van der Waals surface area contributed by atoms with Gasteiger partial charge in [0, 0.05) is 5.69 Å². The third-order valence-electron chi connectivity index (χ3n) is 4.82. The number of carbonyl (C=O) groups excluding carboxylic acids is 3. The summed E-state index contributed by atoms with van der Waals surface area (Å²) in [5, 5.41) is 5.60. The van der Waals surface area contributed by atoms with E-state index >= 15 is 0 Å². The third-order valence-corrected chi connectivity index (χ3v) is 6.45. The summed E-state index contributed by atoms with van der Waals surface area (Å²) in [4.78, 5) is 39.5. The Morgan fingerprint density at radius 2 is 1.93 bits per heavy atom. The summed E-state index contributed by atoms with van der Waals surface area (Å²) >= 11 is 4.63. The molecule has 1 aromatic carbocycles. The normalized spacial score (nSPS) is 15.7. The highest BCUT2D eigenvalue weighted by Crippen LogP contribution is 2.34. The van der Waals surface area contributed by atoms with Crippen LogP contribution in [-0.2, 0) is 9.53 Å². The largest absolute Gasteiger partial charge is 0.447 e. The van der Waals surface area contributed by atoms with Crippen molar-refractivity contribution in [3.8, 4) is 0 Å². The van der Waals surface area contributed by atoms with Crippen LogP contribution >= 0.6 is 27.3 Å². The average molecular weight is 494 g/mol. The van der Waals surface area contributed by atoms with Crippen LogP contribution in [0.3, 0.4) is 0 Å². The maximum absolute atomic E-state index is 12.8. The summed E-state index contributed by atoms with van der Waals surface area (Å²) in [6, 6.07) is 8.80. The number of halogens is 1. The van der Waals surface area contributed by atoms with Gasteiger partial charge in [0.1, 0.15) is 12.1 Å². The second kappa shape index (κ2) is 8.03. The molecule has 3 rings (SSSR count). The molecule has 0 spiro atoms. The molecule has 0 saturated carbocycles. The van der Waals surface area contributed by atoms with Gasteiger partial charge in [0.15, 0.2) is 0 Å². The van der Waals surface area contributed by atoms with Crippen molar-refractivity contribution in [1.82, 2.24) is 5.32 Å². The Kier molecular flexibility index (Phi) is 5.97.